The lowest BCUT2D eigenvalue weighted by Gasteiger charge is -2.36. The first-order valence-corrected chi connectivity index (χ1v) is 10.3. The van der Waals surface area contributed by atoms with Crippen molar-refractivity contribution in [3.8, 4) is 5.75 Å². The zero-order chi connectivity index (χ0) is 20.0. The summed E-state index contributed by atoms with van der Waals surface area (Å²) in [6.45, 7) is 5.99. The smallest absolute Gasteiger partial charge is 0.235 e. The first-order chi connectivity index (χ1) is 13.5. The van der Waals surface area contributed by atoms with Gasteiger partial charge in [-0.1, -0.05) is 37.1 Å². The van der Waals surface area contributed by atoms with Crippen LogP contribution in [0.3, 0.4) is 0 Å². The fraction of sp³-hybridized carbons (Fsp3) is 0.435. The van der Waals surface area contributed by atoms with Crippen LogP contribution in [0, 0.1) is 6.92 Å². The molecule has 1 aliphatic rings. The largest absolute Gasteiger partial charge is 0.493 e. The lowest BCUT2D eigenvalue weighted by Crippen LogP contribution is -2.44. The number of halogens is 1. The van der Waals surface area contributed by atoms with Crippen LogP contribution in [0.1, 0.15) is 43.7 Å². The van der Waals surface area contributed by atoms with Gasteiger partial charge in [-0.3, -0.25) is 4.79 Å². The van der Waals surface area contributed by atoms with Crippen molar-refractivity contribution in [1.82, 2.24) is 0 Å². The number of benzene rings is 2. The highest BCUT2D eigenvalue weighted by Gasteiger charge is 2.41. The Hall–Kier alpha value is -2.04. The van der Waals surface area contributed by atoms with Gasteiger partial charge in [-0.15, -0.1) is 0 Å². The van der Waals surface area contributed by atoms with Gasteiger partial charge >= 0.3 is 0 Å². The quantitative estimate of drug-likeness (QED) is 0.622. The summed E-state index contributed by atoms with van der Waals surface area (Å²) >= 11 is 6.05. The third-order valence-corrected chi connectivity index (χ3v) is 5.62. The highest BCUT2D eigenvalue weighted by molar-refractivity contribution is 6.30. The van der Waals surface area contributed by atoms with Gasteiger partial charge in [-0.2, -0.15) is 0 Å². The molecule has 0 aliphatic carbocycles. The minimum absolute atomic E-state index is 0.00262. The minimum atomic E-state index is -0.604. The summed E-state index contributed by atoms with van der Waals surface area (Å²) in [5, 5.41) is 3.79. The molecule has 0 radical (unpaired) electrons. The Morgan fingerprint density at radius 3 is 2.54 bits per heavy atom. The number of amides is 1. The van der Waals surface area contributed by atoms with Crippen LogP contribution in [0.15, 0.2) is 42.5 Å². The number of aryl methyl sites for hydroxylation is 1. The first kappa shape index (κ1) is 20.7. The molecule has 0 spiro atoms. The van der Waals surface area contributed by atoms with E-state index in [0.29, 0.717) is 37.7 Å². The predicted molar refractivity (Wildman–Crippen MR) is 113 cm³/mol. The second-order valence-electron chi connectivity index (χ2n) is 7.34. The summed E-state index contributed by atoms with van der Waals surface area (Å²) in [5.41, 5.74) is 2.17. The Morgan fingerprint density at radius 2 is 1.89 bits per heavy atom. The van der Waals surface area contributed by atoms with Gasteiger partial charge in [0.1, 0.15) is 5.75 Å². The molecule has 1 fully saturated rings. The molecule has 0 aromatic heterocycles. The summed E-state index contributed by atoms with van der Waals surface area (Å²) in [4.78, 5) is 13.4. The molecule has 0 atom stereocenters. The van der Waals surface area contributed by atoms with Crippen LogP contribution in [-0.2, 0) is 14.9 Å². The van der Waals surface area contributed by atoms with Crippen molar-refractivity contribution in [2.24, 2.45) is 0 Å². The molecule has 5 heteroatoms. The normalized spacial score (nSPS) is 15.8. The molecule has 2 aromatic rings. The van der Waals surface area contributed by atoms with Gasteiger partial charge in [0.05, 0.1) is 12.0 Å². The van der Waals surface area contributed by atoms with E-state index in [-0.39, 0.29) is 5.91 Å². The fourth-order valence-corrected chi connectivity index (χ4v) is 3.73. The average molecular weight is 402 g/mol. The number of anilines is 1. The predicted octanol–water partition coefficient (Wildman–Crippen LogP) is 5.51. The standard InChI is InChI=1S/C23H28ClNO3/c1-3-4-13-28-21-10-9-20(16-17(21)2)25-22(26)23(11-14-27-15-12-23)18-5-7-19(24)8-6-18/h5-10,16H,3-4,11-15H2,1-2H3,(H,25,26). The van der Waals surface area contributed by atoms with E-state index in [2.05, 4.69) is 12.2 Å². The number of carbonyl (C=O) groups is 1. The van der Waals surface area contributed by atoms with Crippen molar-refractivity contribution in [2.45, 2.75) is 44.9 Å². The van der Waals surface area contributed by atoms with E-state index >= 15 is 0 Å². The van der Waals surface area contributed by atoms with Crippen LogP contribution in [0.25, 0.3) is 0 Å². The molecule has 4 nitrogen and oxygen atoms in total. The zero-order valence-corrected chi connectivity index (χ0v) is 17.3. The maximum Gasteiger partial charge on any atom is 0.235 e. The molecule has 1 heterocycles. The number of ether oxygens (including phenoxy) is 2. The van der Waals surface area contributed by atoms with Gasteiger partial charge < -0.3 is 14.8 Å². The van der Waals surface area contributed by atoms with Crippen LogP contribution in [0.2, 0.25) is 5.02 Å². The molecule has 2 aromatic carbocycles. The van der Waals surface area contributed by atoms with E-state index < -0.39 is 5.41 Å². The molecule has 0 saturated carbocycles. The number of rotatable bonds is 7. The van der Waals surface area contributed by atoms with E-state index in [1.165, 1.54) is 0 Å². The molecular formula is C23H28ClNO3. The van der Waals surface area contributed by atoms with E-state index in [1.54, 1.807) is 0 Å². The second kappa shape index (κ2) is 9.44. The average Bonchev–Trinajstić information content (AvgIpc) is 2.71. The van der Waals surface area contributed by atoms with Crippen LogP contribution < -0.4 is 10.1 Å². The third-order valence-electron chi connectivity index (χ3n) is 5.37. The third kappa shape index (κ3) is 4.68. The van der Waals surface area contributed by atoms with Crippen molar-refractivity contribution in [3.63, 3.8) is 0 Å². The highest BCUT2D eigenvalue weighted by atomic mass is 35.5. The molecule has 150 valence electrons. The summed E-state index contributed by atoms with van der Waals surface area (Å²) < 4.78 is 11.3. The zero-order valence-electron chi connectivity index (χ0n) is 16.6. The van der Waals surface area contributed by atoms with E-state index in [9.17, 15) is 4.79 Å². The maximum absolute atomic E-state index is 13.4. The van der Waals surface area contributed by atoms with E-state index in [4.69, 9.17) is 21.1 Å². The molecule has 3 rings (SSSR count). The Morgan fingerprint density at radius 1 is 1.18 bits per heavy atom. The molecule has 0 bridgehead atoms. The monoisotopic (exact) mass is 401 g/mol. The second-order valence-corrected chi connectivity index (χ2v) is 7.77. The van der Waals surface area contributed by atoms with Crippen LogP contribution in [0.5, 0.6) is 5.75 Å². The van der Waals surface area contributed by atoms with Crippen molar-refractivity contribution in [1.29, 1.82) is 0 Å². The maximum atomic E-state index is 13.4. The number of carbonyl (C=O) groups excluding carboxylic acids is 1. The summed E-state index contributed by atoms with van der Waals surface area (Å²) in [5.74, 6) is 0.863. The van der Waals surface area contributed by atoms with Gasteiger partial charge in [0.2, 0.25) is 5.91 Å². The molecule has 28 heavy (non-hydrogen) atoms. The van der Waals surface area contributed by atoms with Gasteiger partial charge in [-0.25, -0.2) is 0 Å². The minimum Gasteiger partial charge on any atom is -0.493 e. The van der Waals surface area contributed by atoms with Crippen LogP contribution >= 0.6 is 11.6 Å². The number of hydrogen-bond acceptors (Lipinski definition) is 3. The lowest BCUT2D eigenvalue weighted by atomic mass is 9.73. The fourth-order valence-electron chi connectivity index (χ4n) is 3.60. The van der Waals surface area contributed by atoms with Gasteiger partial charge in [0, 0.05) is 23.9 Å². The SMILES string of the molecule is CCCCOc1ccc(NC(=O)C2(c3ccc(Cl)cc3)CCOCC2)cc1C. The van der Waals surface area contributed by atoms with Crippen LogP contribution in [0.4, 0.5) is 5.69 Å². The Labute approximate surface area is 172 Å². The van der Waals surface area contributed by atoms with E-state index in [0.717, 1.165) is 35.4 Å². The Kier molecular flexibility index (Phi) is 6.97. The summed E-state index contributed by atoms with van der Waals surface area (Å²) in [6.07, 6.45) is 3.43. The van der Waals surface area contributed by atoms with Crippen molar-refractivity contribution in [3.05, 3.63) is 58.6 Å². The molecule has 1 aliphatic heterocycles. The number of unbranched alkanes of at least 4 members (excludes halogenated alkanes) is 1. The van der Waals surface area contributed by atoms with E-state index in [1.807, 2.05) is 49.4 Å². The number of nitrogens with one attached hydrogen (secondary N) is 1. The summed E-state index contributed by atoms with van der Waals surface area (Å²) in [6, 6.07) is 13.4. The van der Waals surface area contributed by atoms with Gasteiger partial charge in [0.15, 0.2) is 0 Å². The first-order valence-electron chi connectivity index (χ1n) is 9.94. The molecule has 0 unspecified atom stereocenters. The summed E-state index contributed by atoms with van der Waals surface area (Å²) in [7, 11) is 0. The lowest BCUT2D eigenvalue weighted by molar-refractivity contribution is -0.125. The van der Waals surface area contributed by atoms with Crippen LogP contribution in [-0.4, -0.2) is 25.7 Å². The molecule has 1 amide bonds. The molecule has 1 saturated heterocycles. The molecule has 1 N–H and O–H groups in total. The Bertz CT molecular complexity index is 798. The molecular weight excluding hydrogens is 374 g/mol. The van der Waals surface area contributed by atoms with Crippen molar-refractivity contribution >= 4 is 23.2 Å². The highest BCUT2D eigenvalue weighted by Crippen LogP contribution is 2.37. The van der Waals surface area contributed by atoms with Gasteiger partial charge in [-0.05, 0) is 67.6 Å². The van der Waals surface area contributed by atoms with Crippen molar-refractivity contribution < 1.29 is 14.3 Å². The van der Waals surface area contributed by atoms with Gasteiger partial charge in [0.25, 0.3) is 0 Å². The number of hydrogen-bond donors (Lipinski definition) is 1. The Balaban J connectivity index is 1.79. The van der Waals surface area contributed by atoms with Crippen molar-refractivity contribution in [2.75, 3.05) is 25.1 Å². The topological polar surface area (TPSA) is 47.6 Å².